The van der Waals surface area contributed by atoms with Gasteiger partial charge < -0.3 is 4.74 Å². The minimum atomic E-state index is 0.650. The quantitative estimate of drug-likeness (QED) is 0.644. The molecular formula is C8H12N2O. The summed E-state index contributed by atoms with van der Waals surface area (Å²) in [6.45, 7) is 6.38. The monoisotopic (exact) mass is 152 g/mol. The highest BCUT2D eigenvalue weighted by Gasteiger charge is 1.99. The van der Waals surface area contributed by atoms with Gasteiger partial charge in [-0.2, -0.15) is 4.98 Å². The Bertz CT molecular complexity index is 248. The van der Waals surface area contributed by atoms with E-state index in [9.17, 15) is 0 Å². The van der Waals surface area contributed by atoms with Crippen molar-refractivity contribution in [2.45, 2.75) is 20.8 Å². The number of aryl methyl sites for hydroxylation is 2. The molecule has 1 aromatic heterocycles. The van der Waals surface area contributed by atoms with E-state index in [2.05, 4.69) is 9.97 Å². The summed E-state index contributed by atoms with van der Waals surface area (Å²) in [7, 11) is 0. The van der Waals surface area contributed by atoms with Crippen LogP contribution in [0.25, 0.3) is 0 Å². The predicted octanol–water partition coefficient (Wildman–Crippen LogP) is 1.49. The van der Waals surface area contributed by atoms with Crippen molar-refractivity contribution in [1.82, 2.24) is 9.97 Å². The molecule has 0 fully saturated rings. The molecule has 3 nitrogen and oxygen atoms in total. The lowest BCUT2D eigenvalue weighted by Gasteiger charge is -2.04. The van der Waals surface area contributed by atoms with Crippen LogP contribution < -0.4 is 4.74 Å². The van der Waals surface area contributed by atoms with Gasteiger partial charge in [0.2, 0.25) is 5.88 Å². The summed E-state index contributed by atoms with van der Waals surface area (Å²) >= 11 is 0. The first-order valence-corrected chi connectivity index (χ1v) is 3.67. The highest BCUT2D eigenvalue weighted by Crippen LogP contribution is 2.11. The molecule has 0 bridgehead atoms. The van der Waals surface area contributed by atoms with Crippen LogP contribution in [-0.4, -0.2) is 16.6 Å². The minimum Gasteiger partial charge on any atom is -0.478 e. The third-order valence-corrected chi connectivity index (χ3v) is 1.33. The Kier molecular flexibility index (Phi) is 2.41. The summed E-state index contributed by atoms with van der Waals surface area (Å²) in [6, 6.07) is 0. The van der Waals surface area contributed by atoms with Gasteiger partial charge in [-0.05, 0) is 20.8 Å². The third kappa shape index (κ3) is 1.90. The average molecular weight is 152 g/mol. The van der Waals surface area contributed by atoms with Crippen molar-refractivity contribution in [3.8, 4) is 5.88 Å². The van der Waals surface area contributed by atoms with Gasteiger partial charge in [0.25, 0.3) is 0 Å². The first kappa shape index (κ1) is 7.98. The Morgan fingerprint density at radius 1 is 1.45 bits per heavy atom. The van der Waals surface area contributed by atoms with Crippen LogP contribution in [-0.2, 0) is 0 Å². The van der Waals surface area contributed by atoms with Crippen LogP contribution in [0.3, 0.4) is 0 Å². The molecule has 0 atom stereocenters. The summed E-state index contributed by atoms with van der Waals surface area (Å²) in [5, 5.41) is 0. The molecule has 0 saturated carbocycles. The highest BCUT2D eigenvalue weighted by molar-refractivity contribution is 5.21. The molecule has 0 aliphatic carbocycles. The number of rotatable bonds is 2. The van der Waals surface area contributed by atoms with Crippen molar-refractivity contribution in [1.29, 1.82) is 0 Å². The van der Waals surface area contributed by atoms with Gasteiger partial charge in [-0.15, -0.1) is 0 Å². The van der Waals surface area contributed by atoms with Gasteiger partial charge in [-0.3, -0.25) is 0 Å². The van der Waals surface area contributed by atoms with E-state index in [1.54, 1.807) is 6.20 Å². The van der Waals surface area contributed by atoms with Crippen molar-refractivity contribution in [3.05, 3.63) is 17.6 Å². The molecule has 0 saturated heterocycles. The number of nitrogens with zero attached hydrogens (tertiary/aromatic N) is 2. The van der Waals surface area contributed by atoms with Gasteiger partial charge in [0.15, 0.2) is 0 Å². The lowest BCUT2D eigenvalue weighted by Crippen LogP contribution is -1.99. The maximum absolute atomic E-state index is 5.27. The van der Waals surface area contributed by atoms with Crippen LogP contribution >= 0.6 is 0 Å². The Balaban J connectivity index is 2.93. The van der Waals surface area contributed by atoms with Crippen molar-refractivity contribution < 1.29 is 4.74 Å². The fourth-order valence-electron chi connectivity index (χ4n) is 0.792. The number of hydrogen-bond donors (Lipinski definition) is 0. The van der Waals surface area contributed by atoms with Crippen LogP contribution in [0.15, 0.2) is 6.20 Å². The zero-order valence-corrected chi connectivity index (χ0v) is 7.09. The fraction of sp³-hybridized carbons (Fsp3) is 0.500. The van der Waals surface area contributed by atoms with E-state index < -0.39 is 0 Å². The van der Waals surface area contributed by atoms with Crippen LogP contribution in [0.4, 0.5) is 0 Å². The first-order chi connectivity index (χ1) is 5.24. The Labute approximate surface area is 66.4 Å². The van der Waals surface area contributed by atoms with Crippen molar-refractivity contribution in [3.63, 3.8) is 0 Å². The molecule has 1 heterocycles. The molecule has 0 aliphatic heterocycles. The Morgan fingerprint density at radius 2 is 2.18 bits per heavy atom. The molecule has 0 amide bonds. The molecule has 0 spiro atoms. The lowest BCUT2D eigenvalue weighted by molar-refractivity contribution is 0.322. The Morgan fingerprint density at radius 3 is 2.82 bits per heavy atom. The zero-order valence-electron chi connectivity index (χ0n) is 7.09. The molecule has 0 N–H and O–H groups in total. The smallest absolute Gasteiger partial charge is 0.219 e. The maximum Gasteiger partial charge on any atom is 0.219 e. The van der Waals surface area contributed by atoms with Crippen LogP contribution in [0.1, 0.15) is 18.3 Å². The summed E-state index contributed by atoms with van der Waals surface area (Å²) in [5.74, 6) is 1.44. The van der Waals surface area contributed by atoms with Crippen LogP contribution in [0.5, 0.6) is 5.88 Å². The topological polar surface area (TPSA) is 35.0 Å². The second-order valence-electron chi connectivity index (χ2n) is 2.34. The number of hydrogen-bond acceptors (Lipinski definition) is 3. The van der Waals surface area contributed by atoms with Gasteiger partial charge in [-0.25, -0.2) is 4.98 Å². The van der Waals surface area contributed by atoms with Gasteiger partial charge in [0.1, 0.15) is 5.82 Å². The molecule has 0 unspecified atom stereocenters. The molecule has 1 rings (SSSR count). The van der Waals surface area contributed by atoms with E-state index in [0.717, 1.165) is 11.4 Å². The van der Waals surface area contributed by atoms with E-state index in [0.29, 0.717) is 12.5 Å². The molecule has 11 heavy (non-hydrogen) atoms. The largest absolute Gasteiger partial charge is 0.478 e. The third-order valence-electron chi connectivity index (χ3n) is 1.33. The van der Waals surface area contributed by atoms with E-state index in [4.69, 9.17) is 4.74 Å². The minimum absolute atomic E-state index is 0.650. The molecule has 60 valence electrons. The molecule has 1 aromatic rings. The van der Waals surface area contributed by atoms with Crippen molar-refractivity contribution >= 4 is 0 Å². The molecule has 0 aliphatic rings. The van der Waals surface area contributed by atoms with Crippen molar-refractivity contribution in [2.24, 2.45) is 0 Å². The SMILES string of the molecule is CCOc1nc(C)ncc1C. The van der Waals surface area contributed by atoms with Crippen molar-refractivity contribution in [2.75, 3.05) is 6.61 Å². The first-order valence-electron chi connectivity index (χ1n) is 3.67. The normalized spacial score (nSPS) is 9.73. The van der Waals surface area contributed by atoms with E-state index in [-0.39, 0.29) is 0 Å². The van der Waals surface area contributed by atoms with Gasteiger partial charge in [-0.1, -0.05) is 0 Å². The molecule has 0 aromatic carbocycles. The zero-order chi connectivity index (χ0) is 8.27. The van der Waals surface area contributed by atoms with E-state index in [1.165, 1.54) is 0 Å². The fourth-order valence-corrected chi connectivity index (χ4v) is 0.792. The molecular weight excluding hydrogens is 140 g/mol. The summed E-state index contributed by atoms with van der Waals surface area (Å²) in [6.07, 6.45) is 1.77. The van der Waals surface area contributed by atoms with E-state index in [1.807, 2.05) is 20.8 Å². The standard InChI is InChI=1S/C8H12N2O/c1-4-11-8-6(2)5-9-7(3)10-8/h5H,4H2,1-3H3. The van der Waals surface area contributed by atoms with Gasteiger partial charge >= 0.3 is 0 Å². The summed E-state index contributed by atoms with van der Waals surface area (Å²) in [5.41, 5.74) is 0.984. The molecule has 3 heteroatoms. The second-order valence-corrected chi connectivity index (χ2v) is 2.34. The molecule has 0 radical (unpaired) electrons. The predicted molar refractivity (Wildman–Crippen MR) is 42.7 cm³/mol. The van der Waals surface area contributed by atoms with E-state index >= 15 is 0 Å². The maximum atomic E-state index is 5.27. The second kappa shape index (κ2) is 3.32. The van der Waals surface area contributed by atoms with Crippen LogP contribution in [0.2, 0.25) is 0 Å². The lowest BCUT2D eigenvalue weighted by atomic mass is 10.4. The van der Waals surface area contributed by atoms with Crippen LogP contribution in [0, 0.1) is 13.8 Å². The number of ether oxygens (including phenoxy) is 1. The summed E-state index contributed by atoms with van der Waals surface area (Å²) < 4.78 is 5.27. The number of aromatic nitrogens is 2. The summed E-state index contributed by atoms with van der Waals surface area (Å²) in [4.78, 5) is 8.16. The van der Waals surface area contributed by atoms with Gasteiger partial charge in [0, 0.05) is 11.8 Å². The average Bonchev–Trinajstić information content (AvgIpc) is 1.98. The highest BCUT2D eigenvalue weighted by atomic mass is 16.5. The van der Waals surface area contributed by atoms with Gasteiger partial charge in [0.05, 0.1) is 6.61 Å². The Hall–Kier alpha value is -1.12.